The van der Waals surface area contributed by atoms with E-state index in [4.69, 9.17) is 4.74 Å². The fourth-order valence-electron chi connectivity index (χ4n) is 2.93. The third-order valence-corrected chi connectivity index (χ3v) is 3.72. The van der Waals surface area contributed by atoms with Crippen molar-refractivity contribution in [2.45, 2.75) is 25.4 Å². The molecule has 0 spiro atoms. The lowest BCUT2D eigenvalue weighted by Crippen LogP contribution is -2.36. The molecule has 0 amide bonds. The molecular formula is C14H16O. The van der Waals surface area contributed by atoms with E-state index in [1.165, 1.54) is 12.8 Å². The summed E-state index contributed by atoms with van der Waals surface area (Å²) in [6, 6.07) is 10.2. The largest absolute Gasteiger partial charge is 0.487 e. The molecule has 1 nitrogen and oxygen atoms in total. The van der Waals surface area contributed by atoms with Crippen LogP contribution >= 0.6 is 0 Å². The van der Waals surface area contributed by atoms with E-state index in [0.717, 1.165) is 11.7 Å². The molecule has 0 aromatic heterocycles. The fourth-order valence-corrected chi connectivity index (χ4v) is 2.93. The van der Waals surface area contributed by atoms with Crippen LogP contribution in [0.2, 0.25) is 0 Å². The van der Waals surface area contributed by atoms with Gasteiger partial charge in [-0.1, -0.05) is 30.4 Å². The predicted molar refractivity (Wildman–Crippen MR) is 60.8 cm³/mol. The molecule has 0 aliphatic heterocycles. The highest BCUT2D eigenvalue weighted by Crippen LogP contribution is 2.48. The molecule has 1 fully saturated rings. The second-order valence-corrected chi connectivity index (χ2v) is 4.92. The summed E-state index contributed by atoms with van der Waals surface area (Å²) < 4.78 is 6.15. The number of fused-ring (bicyclic) bond motifs is 2. The van der Waals surface area contributed by atoms with Crippen LogP contribution in [0, 0.1) is 11.8 Å². The summed E-state index contributed by atoms with van der Waals surface area (Å²) in [6.45, 7) is 2.24. The SMILES string of the molecule is CC1(Oc2ccccc2)CC2C=CC1C2. The maximum atomic E-state index is 6.15. The molecule has 0 N–H and O–H groups in total. The van der Waals surface area contributed by atoms with Gasteiger partial charge in [0.15, 0.2) is 0 Å². The minimum atomic E-state index is 0.0285. The van der Waals surface area contributed by atoms with Crippen LogP contribution in [0.15, 0.2) is 42.5 Å². The van der Waals surface area contributed by atoms with Crippen molar-refractivity contribution in [2.75, 3.05) is 0 Å². The molecule has 0 saturated heterocycles. The Balaban J connectivity index is 1.81. The van der Waals surface area contributed by atoms with Crippen molar-refractivity contribution in [3.05, 3.63) is 42.5 Å². The molecule has 2 bridgehead atoms. The third-order valence-electron chi connectivity index (χ3n) is 3.72. The van der Waals surface area contributed by atoms with Crippen LogP contribution in [0.5, 0.6) is 5.75 Å². The third kappa shape index (κ3) is 1.46. The Morgan fingerprint density at radius 3 is 2.60 bits per heavy atom. The predicted octanol–water partition coefficient (Wildman–Crippen LogP) is 3.42. The molecule has 1 aromatic carbocycles. The van der Waals surface area contributed by atoms with Gasteiger partial charge in [-0.3, -0.25) is 0 Å². The van der Waals surface area contributed by atoms with E-state index in [2.05, 4.69) is 19.1 Å². The lowest BCUT2D eigenvalue weighted by atomic mass is 9.90. The highest BCUT2D eigenvalue weighted by atomic mass is 16.5. The zero-order valence-electron chi connectivity index (χ0n) is 9.02. The highest BCUT2D eigenvalue weighted by molar-refractivity contribution is 5.25. The maximum Gasteiger partial charge on any atom is 0.120 e. The topological polar surface area (TPSA) is 9.23 Å². The van der Waals surface area contributed by atoms with Gasteiger partial charge in [-0.2, -0.15) is 0 Å². The monoisotopic (exact) mass is 200 g/mol. The highest BCUT2D eigenvalue weighted by Gasteiger charge is 2.46. The number of ether oxygens (including phenoxy) is 1. The summed E-state index contributed by atoms with van der Waals surface area (Å²) in [5.74, 6) is 2.37. The quantitative estimate of drug-likeness (QED) is 0.665. The molecule has 3 atom stereocenters. The first-order chi connectivity index (χ1) is 7.26. The molecule has 0 radical (unpaired) electrons. The molecule has 1 heteroatoms. The lowest BCUT2D eigenvalue weighted by molar-refractivity contribution is 0.0622. The number of hydrogen-bond donors (Lipinski definition) is 0. The van der Waals surface area contributed by atoms with E-state index in [0.29, 0.717) is 5.92 Å². The molecule has 2 aliphatic rings. The first-order valence-electron chi connectivity index (χ1n) is 5.69. The molecular weight excluding hydrogens is 184 g/mol. The minimum Gasteiger partial charge on any atom is -0.487 e. The molecule has 15 heavy (non-hydrogen) atoms. The maximum absolute atomic E-state index is 6.15. The fraction of sp³-hybridized carbons (Fsp3) is 0.429. The van der Waals surface area contributed by atoms with Crippen molar-refractivity contribution in [2.24, 2.45) is 11.8 Å². The van der Waals surface area contributed by atoms with Crippen molar-refractivity contribution >= 4 is 0 Å². The molecule has 3 rings (SSSR count). The van der Waals surface area contributed by atoms with Crippen LogP contribution in [0.1, 0.15) is 19.8 Å². The molecule has 1 saturated carbocycles. The average Bonchev–Trinajstić information content (AvgIpc) is 2.78. The van der Waals surface area contributed by atoms with Gasteiger partial charge in [0, 0.05) is 5.92 Å². The van der Waals surface area contributed by atoms with E-state index < -0.39 is 0 Å². The number of allylic oxidation sites excluding steroid dienone is 1. The van der Waals surface area contributed by atoms with Gasteiger partial charge >= 0.3 is 0 Å². The normalized spacial score (nSPS) is 37.1. The number of rotatable bonds is 2. The Hall–Kier alpha value is -1.24. The van der Waals surface area contributed by atoms with E-state index in [-0.39, 0.29) is 5.60 Å². The first-order valence-corrected chi connectivity index (χ1v) is 5.69. The molecule has 0 heterocycles. The van der Waals surface area contributed by atoms with E-state index in [1.54, 1.807) is 0 Å². The summed E-state index contributed by atoms with van der Waals surface area (Å²) >= 11 is 0. The van der Waals surface area contributed by atoms with Crippen molar-refractivity contribution in [1.29, 1.82) is 0 Å². The van der Waals surface area contributed by atoms with Gasteiger partial charge in [0.05, 0.1) is 0 Å². The number of benzene rings is 1. The molecule has 3 unspecified atom stereocenters. The van der Waals surface area contributed by atoms with Gasteiger partial charge in [-0.25, -0.2) is 0 Å². The second-order valence-electron chi connectivity index (χ2n) is 4.92. The Morgan fingerprint density at radius 1 is 1.20 bits per heavy atom. The standard InChI is InChI=1S/C14H16O/c1-14(10-11-7-8-12(14)9-11)15-13-5-3-2-4-6-13/h2-8,11-12H,9-10H2,1H3. The Morgan fingerprint density at radius 2 is 2.00 bits per heavy atom. The second kappa shape index (κ2) is 3.13. The van der Waals surface area contributed by atoms with Crippen molar-refractivity contribution < 1.29 is 4.74 Å². The molecule has 78 valence electrons. The Labute approximate surface area is 90.8 Å². The van der Waals surface area contributed by atoms with Crippen LogP contribution in [0.4, 0.5) is 0 Å². The zero-order valence-corrected chi connectivity index (χ0v) is 9.02. The summed E-state index contributed by atoms with van der Waals surface area (Å²) in [7, 11) is 0. The molecule has 2 aliphatic carbocycles. The van der Waals surface area contributed by atoms with Crippen molar-refractivity contribution in [3.8, 4) is 5.75 Å². The van der Waals surface area contributed by atoms with Gasteiger partial charge in [0.25, 0.3) is 0 Å². The lowest BCUT2D eigenvalue weighted by Gasteiger charge is -2.32. The van der Waals surface area contributed by atoms with Crippen molar-refractivity contribution in [1.82, 2.24) is 0 Å². The van der Waals surface area contributed by atoms with Gasteiger partial charge in [-0.15, -0.1) is 0 Å². The minimum absolute atomic E-state index is 0.0285. The first kappa shape index (κ1) is 9.02. The van der Waals surface area contributed by atoms with Crippen LogP contribution in [-0.4, -0.2) is 5.60 Å². The van der Waals surface area contributed by atoms with E-state index >= 15 is 0 Å². The Bertz CT molecular complexity index is 382. The smallest absolute Gasteiger partial charge is 0.120 e. The van der Waals surface area contributed by atoms with Gasteiger partial charge in [0.1, 0.15) is 11.4 Å². The summed E-state index contributed by atoms with van der Waals surface area (Å²) in [5, 5.41) is 0. The van der Waals surface area contributed by atoms with Crippen molar-refractivity contribution in [3.63, 3.8) is 0 Å². The van der Waals surface area contributed by atoms with Gasteiger partial charge in [-0.05, 0) is 37.8 Å². The summed E-state index contributed by atoms with van der Waals surface area (Å²) in [6.07, 6.45) is 7.13. The van der Waals surface area contributed by atoms with Gasteiger partial charge in [0.2, 0.25) is 0 Å². The molecule has 1 aromatic rings. The van der Waals surface area contributed by atoms with Crippen LogP contribution in [0.25, 0.3) is 0 Å². The zero-order chi connectivity index (χ0) is 10.3. The van der Waals surface area contributed by atoms with Crippen LogP contribution in [0.3, 0.4) is 0 Å². The number of para-hydroxylation sites is 1. The van der Waals surface area contributed by atoms with Gasteiger partial charge < -0.3 is 4.74 Å². The summed E-state index contributed by atoms with van der Waals surface area (Å²) in [4.78, 5) is 0. The van der Waals surface area contributed by atoms with E-state index in [9.17, 15) is 0 Å². The van der Waals surface area contributed by atoms with E-state index in [1.807, 2.05) is 30.3 Å². The Kier molecular flexibility index (Phi) is 1.88. The van der Waals surface area contributed by atoms with Crippen LogP contribution < -0.4 is 4.74 Å². The van der Waals surface area contributed by atoms with Crippen LogP contribution in [-0.2, 0) is 0 Å². The summed E-state index contributed by atoms with van der Waals surface area (Å²) in [5.41, 5.74) is 0.0285. The average molecular weight is 200 g/mol. The number of hydrogen-bond acceptors (Lipinski definition) is 1.